The van der Waals surface area contributed by atoms with Crippen LogP contribution in [0.4, 0.5) is 0 Å². The highest BCUT2D eigenvalue weighted by Crippen LogP contribution is 2.23. The van der Waals surface area contributed by atoms with Gasteiger partial charge in [-0.2, -0.15) is 4.31 Å². The van der Waals surface area contributed by atoms with Crippen molar-refractivity contribution in [3.05, 3.63) is 65.2 Å². The van der Waals surface area contributed by atoms with Crippen molar-refractivity contribution in [1.29, 1.82) is 0 Å². The van der Waals surface area contributed by atoms with E-state index in [9.17, 15) is 18.0 Å². The predicted octanol–water partition coefficient (Wildman–Crippen LogP) is 4.14. The molecule has 1 aliphatic rings. The van der Waals surface area contributed by atoms with Gasteiger partial charge >= 0.3 is 0 Å². The summed E-state index contributed by atoms with van der Waals surface area (Å²) >= 11 is 7.72. The molecule has 1 aliphatic heterocycles. The average Bonchev–Trinajstić information content (AvgIpc) is 2.93. The van der Waals surface area contributed by atoms with Crippen LogP contribution in [0.2, 0.25) is 5.02 Å². The van der Waals surface area contributed by atoms with Gasteiger partial charge in [0.05, 0.1) is 24.7 Å². The van der Waals surface area contributed by atoms with E-state index in [0.717, 1.165) is 10.5 Å². The zero-order valence-electron chi connectivity index (χ0n) is 22.6. The summed E-state index contributed by atoms with van der Waals surface area (Å²) in [6.07, 6.45) is 1.70. The van der Waals surface area contributed by atoms with Crippen LogP contribution in [0.25, 0.3) is 0 Å². The number of nitrogens with zero attached hydrogens (tertiary/aromatic N) is 3. The number of rotatable bonds is 14. The van der Waals surface area contributed by atoms with Crippen LogP contribution in [0.15, 0.2) is 59.5 Å². The fourth-order valence-electron chi connectivity index (χ4n) is 4.57. The second kappa shape index (κ2) is 15.6. The summed E-state index contributed by atoms with van der Waals surface area (Å²) in [5.74, 6) is 0.144. The highest BCUT2D eigenvalue weighted by Gasteiger charge is 2.32. The fourth-order valence-corrected chi connectivity index (χ4v) is 7.04. The molecule has 0 atom stereocenters. The van der Waals surface area contributed by atoms with Crippen molar-refractivity contribution < 1.29 is 22.7 Å². The number of amides is 2. The van der Waals surface area contributed by atoms with Gasteiger partial charge in [-0.25, -0.2) is 8.42 Å². The first kappa shape index (κ1) is 31.4. The van der Waals surface area contributed by atoms with Crippen molar-refractivity contribution in [3.8, 4) is 0 Å². The Balaban J connectivity index is 1.70. The van der Waals surface area contributed by atoms with Gasteiger partial charge in [-0.15, -0.1) is 11.8 Å². The van der Waals surface area contributed by atoms with Crippen molar-refractivity contribution in [3.63, 3.8) is 0 Å². The van der Waals surface area contributed by atoms with Gasteiger partial charge in [0.2, 0.25) is 21.8 Å². The van der Waals surface area contributed by atoms with Gasteiger partial charge in [-0.05, 0) is 49.1 Å². The molecular formula is C28H38ClN3O5S2. The molecule has 0 radical (unpaired) electrons. The molecule has 214 valence electrons. The Labute approximate surface area is 241 Å². The van der Waals surface area contributed by atoms with Crippen molar-refractivity contribution >= 4 is 45.2 Å². The first-order valence-electron chi connectivity index (χ1n) is 13.2. The molecule has 11 heteroatoms. The number of benzene rings is 2. The van der Waals surface area contributed by atoms with Crippen molar-refractivity contribution in [2.24, 2.45) is 0 Å². The van der Waals surface area contributed by atoms with Crippen LogP contribution < -0.4 is 0 Å². The number of hydrogen-bond donors (Lipinski definition) is 0. The average molecular weight is 596 g/mol. The minimum atomic E-state index is -3.60. The molecule has 2 aromatic rings. The van der Waals surface area contributed by atoms with Gasteiger partial charge < -0.3 is 14.5 Å². The topological polar surface area (TPSA) is 87.2 Å². The van der Waals surface area contributed by atoms with Gasteiger partial charge in [0.15, 0.2) is 0 Å². The van der Waals surface area contributed by atoms with E-state index in [0.29, 0.717) is 49.7 Å². The molecule has 39 heavy (non-hydrogen) atoms. The van der Waals surface area contributed by atoms with Gasteiger partial charge in [0.1, 0.15) is 0 Å². The Morgan fingerprint density at radius 3 is 2.46 bits per heavy atom. The Morgan fingerprint density at radius 1 is 1.10 bits per heavy atom. The zero-order chi connectivity index (χ0) is 28.3. The Morgan fingerprint density at radius 2 is 1.82 bits per heavy atom. The van der Waals surface area contributed by atoms with Crippen LogP contribution in [0.5, 0.6) is 0 Å². The highest BCUT2D eigenvalue weighted by atomic mass is 35.5. The van der Waals surface area contributed by atoms with Crippen LogP contribution in [-0.2, 0) is 30.9 Å². The van der Waals surface area contributed by atoms with E-state index in [1.807, 2.05) is 53.4 Å². The number of ether oxygens (including phenoxy) is 1. The number of halogens is 1. The van der Waals surface area contributed by atoms with Crippen LogP contribution >= 0.6 is 23.4 Å². The summed E-state index contributed by atoms with van der Waals surface area (Å²) in [6, 6.07) is 17.0. The molecule has 2 amide bonds. The van der Waals surface area contributed by atoms with Crippen molar-refractivity contribution in [2.75, 3.05) is 51.4 Å². The number of likely N-dealkylation sites (tertiary alicyclic amines) is 1. The molecule has 0 saturated carbocycles. The standard InChI is InChI=1S/C28H38ClN3O5S2/c1-3-18-39(35,36)31(16-17-37-2)21-27(33)32(20-23-8-7-9-24(29)19-23)25-12-14-30(15-13-25)28(34)22-38-26-10-5-4-6-11-26/h4-11,19,25H,3,12-18,20-22H2,1-2H3. The predicted molar refractivity (Wildman–Crippen MR) is 156 cm³/mol. The van der Waals surface area contributed by atoms with Gasteiger partial charge in [-0.3, -0.25) is 9.59 Å². The molecule has 0 spiro atoms. The lowest BCUT2D eigenvalue weighted by Crippen LogP contribution is -2.52. The Bertz CT molecular complexity index is 1170. The normalized spacial score (nSPS) is 14.5. The first-order chi connectivity index (χ1) is 18.7. The maximum Gasteiger partial charge on any atom is 0.238 e. The Hall–Kier alpha value is -2.11. The van der Waals surface area contributed by atoms with E-state index < -0.39 is 10.0 Å². The molecule has 1 heterocycles. The van der Waals surface area contributed by atoms with Crippen LogP contribution in [0.3, 0.4) is 0 Å². The number of methoxy groups -OCH3 is 1. The lowest BCUT2D eigenvalue weighted by molar-refractivity contribution is -0.136. The summed E-state index contributed by atoms with van der Waals surface area (Å²) in [7, 11) is -2.10. The fraction of sp³-hybridized carbons (Fsp3) is 0.500. The molecule has 0 N–H and O–H groups in total. The number of thioether (sulfide) groups is 1. The molecule has 3 rings (SSSR count). The summed E-state index contributed by atoms with van der Waals surface area (Å²) in [4.78, 5) is 31.2. The van der Waals surface area contributed by atoms with Crippen molar-refractivity contribution in [2.45, 2.75) is 43.7 Å². The van der Waals surface area contributed by atoms with Crippen LogP contribution in [-0.4, -0.2) is 91.8 Å². The van der Waals surface area contributed by atoms with E-state index in [-0.39, 0.29) is 43.3 Å². The maximum absolute atomic E-state index is 13.7. The molecule has 1 saturated heterocycles. The SMILES string of the molecule is CCCS(=O)(=O)N(CCOC)CC(=O)N(Cc1cccc(Cl)c1)C1CCN(C(=O)CSc2ccccc2)CC1. The summed E-state index contributed by atoms with van der Waals surface area (Å²) < 4.78 is 32.1. The first-order valence-corrected chi connectivity index (χ1v) is 16.2. The van der Waals surface area contributed by atoms with E-state index in [2.05, 4.69) is 0 Å². The van der Waals surface area contributed by atoms with Gasteiger partial charge in [0.25, 0.3) is 0 Å². The lowest BCUT2D eigenvalue weighted by Gasteiger charge is -2.39. The highest BCUT2D eigenvalue weighted by molar-refractivity contribution is 8.00. The molecular weight excluding hydrogens is 558 g/mol. The summed E-state index contributed by atoms with van der Waals surface area (Å²) in [6.45, 7) is 3.26. The minimum absolute atomic E-state index is 0.0280. The quantitative estimate of drug-likeness (QED) is 0.305. The molecule has 0 aromatic heterocycles. The minimum Gasteiger partial charge on any atom is -0.383 e. The van der Waals surface area contributed by atoms with Gasteiger partial charge in [-0.1, -0.05) is 48.9 Å². The smallest absolute Gasteiger partial charge is 0.238 e. The van der Waals surface area contributed by atoms with E-state index in [1.54, 1.807) is 17.9 Å². The molecule has 0 bridgehead atoms. The van der Waals surface area contributed by atoms with Crippen LogP contribution in [0, 0.1) is 0 Å². The molecule has 8 nitrogen and oxygen atoms in total. The third-order valence-electron chi connectivity index (χ3n) is 6.64. The maximum atomic E-state index is 13.7. The summed E-state index contributed by atoms with van der Waals surface area (Å²) in [5.41, 5.74) is 0.869. The number of carbonyl (C=O) groups excluding carboxylic acids is 2. The molecule has 0 aliphatic carbocycles. The summed E-state index contributed by atoms with van der Waals surface area (Å²) in [5, 5.41) is 0.573. The second-order valence-electron chi connectivity index (χ2n) is 9.51. The number of hydrogen-bond acceptors (Lipinski definition) is 6. The van der Waals surface area contributed by atoms with Crippen molar-refractivity contribution in [1.82, 2.24) is 14.1 Å². The van der Waals surface area contributed by atoms with Crippen LogP contribution in [0.1, 0.15) is 31.7 Å². The van der Waals surface area contributed by atoms with E-state index in [4.69, 9.17) is 16.3 Å². The molecule has 1 fully saturated rings. The number of piperidine rings is 1. The molecule has 0 unspecified atom stereocenters. The van der Waals surface area contributed by atoms with E-state index >= 15 is 0 Å². The lowest BCUT2D eigenvalue weighted by atomic mass is 10.0. The number of carbonyl (C=O) groups is 2. The third kappa shape index (κ3) is 9.79. The number of sulfonamides is 1. The van der Waals surface area contributed by atoms with E-state index in [1.165, 1.54) is 23.2 Å². The third-order valence-corrected chi connectivity index (χ3v) is 9.89. The van der Waals surface area contributed by atoms with Gasteiger partial charge in [0, 0.05) is 49.2 Å². The monoisotopic (exact) mass is 595 g/mol. The largest absolute Gasteiger partial charge is 0.383 e. The second-order valence-corrected chi connectivity index (χ2v) is 13.1. The Kier molecular flexibility index (Phi) is 12.6. The molecule has 2 aromatic carbocycles. The zero-order valence-corrected chi connectivity index (χ0v) is 25.0.